The molecule has 59 heavy (non-hydrogen) atoms. The number of pyridine rings is 3. The molecule has 2 unspecified atom stereocenters. The van der Waals surface area contributed by atoms with E-state index in [2.05, 4.69) is 41.2 Å². The SMILES string of the molecule is CNC(=O)C(NC(=O)c1oc(-c2ccc(-c3ccc4cc[nH]c4c3)cn2)cc1CNC(=O)C(NC(=O)c1ccc(-c2ccc(-c3ccncc3)cn2)o1)C(C)C)C(C)C. The van der Waals surface area contributed by atoms with Crippen molar-refractivity contribution in [1.82, 2.24) is 41.2 Å². The van der Waals surface area contributed by atoms with Crippen LogP contribution in [0.4, 0.5) is 0 Å². The summed E-state index contributed by atoms with van der Waals surface area (Å²) in [5.41, 5.74) is 6.07. The minimum atomic E-state index is -0.963. The van der Waals surface area contributed by atoms with Crippen LogP contribution >= 0.6 is 0 Å². The summed E-state index contributed by atoms with van der Waals surface area (Å²) >= 11 is 0. The van der Waals surface area contributed by atoms with Gasteiger partial charge in [-0.1, -0.05) is 52.0 Å². The number of hydrogen-bond acceptors (Lipinski definition) is 9. The van der Waals surface area contributed by atoms with Crippen LogP contribution in [0.2, 0.25) is 0 Å². The molecule has 0 aliphatic rings. The van der Waals surface area contributed by atoms with Gasteiger partial charge >= 0.3 is 0 Å². The molecule has 4 amide bonds. The molecule has 1 aromatic carbocycles. The lowest BCUT2D eigenvalue weighted by Crippen LogP contribution is -2.50. The Bertz CT molecular complexity index is 2590. The number of furan rings is 2. The number of aromatic amines is 1. The number of nitrogens with one attached hydrogen (secondary N) is 5. The molecule has 0 spiro atoms. The first-order chi connectivity index (χ1) is 28.5. The fraction of sp³-hybridized carbons (Fsp3) is 0.222. The second-order valence-electron chi connectivity index (χ2n) is 14.7. The van der Waals surface area contributed by atoms with Gasteiger partial charge in [-0.25, -0.2) is 0 Å². The lowest BCUT2D eigenvalue weighted by Gasteiger charge is -2.21. The van der Waals surface area contributed by atoms with Crippen molar-refractivity contribution in [2.24, 2.45) is 11.8 Å². The second kappa shape index (κ2) is 17.4. The van der Waals surface area contributed by atoms with Crippen LogP contribution in [0.3, 0.4) is 0 Å². The van der Waals surface area contributed by atoms with Crippen molar-refractivity contribution < 1.29 is 28.0 Å². The van der Waals surface area contributed by atoms with Crippen molar-refractivity contribution in [3.8, 4) is 45.2 Å². The van der Waals surface area contributed by atoms with E-state index in [0.717, 1.165) is 33.2 Å². The molecule has 0 saturated carbocycles. The van der Waals surface area contributed by atoms with Crippen LogP contribution < -0.4 is 21.3 Å². The van der Waals surface area contributed by atoms with Gasteiger partial charge in [0.25, 0.3) is 11.8 Å². The van der Waals surface area contributed by atoms with Crippen LogP contribution in [0.15, 0.2) is 119 Å². The third-order valence-corrected chi connectivity index (χ3v) is 9.95. The molecule has 2 atom stereocenters. The highest BCUT2D eigenvalue weighted by Gasteiger charge is 2.30. The molecule has 0 aliphatic heterocycles. The first-order valence-corrected chi connectivity index (χ1v) is 19.2. The van der Waals surface area contributed by atoms with Crippen LogP contribution in [0.5, 0.6) is 0 Å². The van der Waals surface area contributed by atoms with E-state index in [4.69, 9.17) is 8.83 Å². The second-order valence-corrected chi connectivity index (χ2v) is 14.7. The Labute approximate surface area is 340 Å². The summed E-state index contributed by atoms with van der Waals surface area (Å²) in [6.07, 6.45) is 8.74. The lowest BCUT2D eigenvalue weighted by molar-refractivity contribution is -0.124. The Morgan fingerprint density at radius 2 is 1.31 bits per heavy atom. The first-order valence-electron chi connectivity index (χ1n) is 19.2. The highest BCUT2D eigenvalue weighted by Crippen LogP contribution is 2.29. The van der Waals surface area contributed by atoms with E-state index in [1.54, 1.807) is 62.9 Å². The smallest absolute Gasteiger partial charge is 0.288 e. The summed E-state index contributed by atoms with van der Waals surface area (Å²) in [7, 11) is 1.50. The van der Waals surface area contributed by atoms with Crippen molar-refractivity contribution in [1.29, 1.82) is 0 Å². The van der Waals surface area contributed by atoms with Crippen molar-refractivity contribution in [2.75, 3.05) is 7.05 Å². The van der Waals surface area contributed by atoms with E-state index >= 15 is 0 Å². The van der Waals surface area contributed by atoms with E-state index in [1.165, 1.54) is 13.1 Å². The van der Waals surface area contributed by atoms with Gasteiger partial charge < -0.3 is 35.1 Å². The van der Waals surface area contributed by atoms with Crippen LogP contribution in [0.1, 0.15) is 54.4 Å². The Balaban J connectivity index is 1.07. The maximum atomic E-state index is 13.7. The van der Waals surface area contributed by atoms with Gasteiger partial charge in [-0.15, -0.1) is 0 Å². The molecule has 6 aromatic heterocycles. The van der Waals surface area contributed by atoms with E-state index in [9.17, 15) is 19.2 Å². The average molecular weight is 793 g/mol. The fourth-order valence-electron chi connectivity index (χ4n) is 6.61. The topological polar surface area (TPSA) is 197 Å². The van der Waals surface area contributed by atoms with Gasteiger partial charge in [0.05, 0.1) is 0 Å². The van der Waals surface area contributed by atoms with Gasteiger partial charge in [-0.2, -0.15) is 0 Å². The zero-order valence-corrected chi connectivity index (χ0v) is 33.2. The standard InChI is InChI=1S/C45H44N8O6/c1-25(2)39(43(55)46-5)53-45(57)41-32(21-38(59-41)34-11-9-31(23-50-34)29-7-6-28-16-19-48-35(28)20-29)24-51-44(56)40(26(3)4)52-42(54)37-13-12-36(58-37)33-10-8-30(22-49-33)27-14-17-47-18-15-27/h6-23,25-26,39-40,48H,24H2,1-5H3,(H,46,55)(H,51,56)(H,52,54)(H,53,57). The fourth-order valence-corrected chi connectivity index (χ4v) is 6.61. The van der Waals surface area contributed by atoms with E-state index in [-0.39, 0.29) is 41.6 Å². The van der Waals surface area contributed by atoms with E-state index in [1.807, 2.05) is 68.6 Å². The van der Waals surface area contributed by atoms with Crippen LogP contribution in [0, 0.1) is 11.8 Å². The Morgan fingerprint density at radius 1 is 0.661 bits per heavy atom. The minimum Gasteiger partial charge on any atom is -0.449 e. The molecule has 0 bridgehead atoms. The molecule has 14 heteroatoms. The number of nitrogens with zero attached hydrogens (tertiary/aromatic N) is 3. The molecule has 0 fully saturated rings. The van der Waals surface area contributed by atoms with E-state index in [0.29, 0.717) is 22.7 Å². The number of rotatable bonds is 14. The summed E-state index contributed by atoms with van der Waals surface area (Å²) in [5, 5.41) is 12.1. The zero-order chi connectivity index (χ0) is 41.6. The number of carbonyl (C=O) groups excluding carboxylic acids is 4. The van der Waals surface area contributed by atoms with Crippen LogP contribution in [-0.2, 0) is 16.1 Å². The quantitative estimate of drug-likeness (QED) is 0.0789. The predicted molar refractivity (Wildman–Crippen MR) is 222 cm³/mol. The molecule has 7 aromatic rings. The molecule has 6 heterocycles. The minimum absolute atomic E-state index is 0.0103. The summed E-state index contributed by atoms with van der Waals surface area (Å²) in [5.74, 6) is -2.02. The number of H-pyrrole nitrogens is 1. The van der Waals surface area contributed by atoms with Crippen molar-refractivity contribution in [2.45, 2.75) is 46.3 Å². The summed E-state index contributed by atoms with van der Waals surface area (Å²) in [6, 6.07) is 22.3. The summed E-state index contributed by atoms with van der Waals surface area (Å²) in [4.78, 5) is 69.9. The largest absolute Gasteiger partial charge is 0.449 e. The van der Waals surface area contributed by atoms with Gasteiger partial charge in [-0.3, -0.25) is 34.1 Å². The predicted octanol–water partition coefficient (Wildman–Crippen LogP) is 6.78. The van der Waals surface area contributed by atoms with Crippen molar-refractivity contribution >= 4 is 34.5 Å². The Morgan fingerprint density at radius 3 is 1.97 bits per heavy atom. The number of aromatic nitrogens is 4. The molecule has 300 valence electrons. The highest BCUT2D eigenvalue weighted by atomic mass is 16.4. The summed E-state index contributed by atoms with van der Waals surface area (Å²) in [6.45, 7) is 7.11. The third-order valence-electron chi connectivity index (χ3n) is 9.95. The van der Waals surface area contributed by atoms with Crippen molar-refractivity contribution in [3.63, 3.8) is 0 Å². The number of carbonyl (C=O) groups is 4. The molecule has 0 saturated heterocycles. The first kappa shape index (κ1) is 39.9. The zero-order valence-electron chi connectivity index (χ0n) is 33.2. The maximum Gasteiger partial charge on any atom is 0.288 e. The average Bonchev–Trinajstić information content (AvgIpc) is 4.04. The number of amides is 4. The summed E-state index contributed by atoms with van der Waals surface area (Å²) < 4.78 is 12.0. The number of benzene rings is 1. The van der Waals surface area contributed by atoms with Gasteiger partial charge in [0.15, 0.2) is 23.0 Å². The molecular weight excluding hydrogens is 749 g/mol. The molecular formula is C45H44N8O6. The van der Waals surface area contributed by atoms with E-state index < -0.39 is 29.8 Å². The number of fused-ring (bicyclic) bond motifs is 1. The Hall–Kier alpha value is -7.35. The molecule has 5 N–H and O–H groups in total. The lowest BCUT2D eigenvalue weighted by atomic mass is 10.0. The Kier molecular flexibility index (Phi) is 11.8. The third kappa shape index (κ3) is 8.96. The molecule has 0 aliphatic carbocycles. The van der Waals surface area contributed by atoms with Gasteiger partial charge in [0, 0.05) is 66.8 Å². The monoisotopic (exact) mass is 792 g/mol. The van der Waals surface area contributed by atoms with Crippen LogP contribution in [-0.4, -0.2) is 62.7 Å². The van der Waals surface area contributed by atoms with Gasteiger partial charge in [-0.05, 0) is 82.9 Å². The number of likely N-dealkylation sites (N-methyl/N-ethyl adjacent to an activating group) is 1. The van der Waals surface area contributed by atoms with Crippen LogP contribution in [0.25, 0.3) is 56.1 Å². The molecule has 7 rings (SSSR count). The maximum absolute atomic E-state index is 13.7. The van der Waals surface area contributed by atoms with Gasteiger partial charge in [0.2, 0.25) is 11.8 Å². The van der Waals surface area contributed by atoms with Crippen molar-refractivity contribution in [3.05, 3.63) is 127 Å². The number of hydrogen-bond donors (Lipinski definition) is 5. The highest BCUT2D eigenvalue weighted by molar-refractivity contribution is 5.98. The molecule has 0 radical (unpaired) electrons. The van der Waals surface area contributed by atoms with Gasteiger partial charge in [0.1, 0.15) is 23.5 Å². The molecule has 14 nitrogen and oxygen atoms in total. The normalized spacial score (nSPS) is 12.3.